The van der Waals surface area contributed by atoms with Gasteiger partial charge in [0.1, 0.15) is 0 Å². The monoisotopic (exact) mass is 360 g/mol. The maximum Gasteiger partial charge on any atom is 0.333 e. The smallest absolute Gasteiger partial charge is 0.333 e. The molecule has 1 rings (SSSR count). The Labute approximate surface area is 157 Å². The van der Waals surface area contributed by atoms with Crippen LogP contribution in [0.4, 0.5) is 0 Å². The highest BCUT2D eigenvalue weighted by atomic mass is 16.7. The maximum atomic E-state index is 11.5. The minimum absolute atomic E-state index is 0.0822. The number of carbonyl (C=O) groups excluding carboxylic acids is 1. The molecule has 144 valence electrons. The summed E-state index contributed by atoms with van der Waals surface area (Å²) in [4.78, 5) is 11.5. The zero-order valence-corrected chi connectivity index (χ0v) is 16.9. The third-order valence-electron chi connectivity index (χ3n) is 3.75. The summed E-state index contributed by atoms with van der Waals surface area (Å²) in [6.45, 7) is 13.6. The van der Waals surface area contributed by atoms with Crippen molar-refractivity contribution >= 4 is 5.97 Å². The predicted molar refractivity (Wildman–Crippen MR) is 106 cm³/mol. The lowest BCUT2D eigenvalue weighted by Gasteiger charge is -2.34. The second kappa shape index (κ2) is 10.9. The summed E-state index contributed by atoms with van der Waals surface area (Å²) in [6.07, 6.45) is 13.2. The standard InChI is InChI=1S/C22H32O4/c1-7-24-20(23)18(3)14-10-12-17(2)11-8-9-13-19(4)21-25-15-22(5,6)16-26-21/h8-14,21H,7,15-16H2,1-6H3. The maximum absolute atomic E-state index is 11.5. The van der Waals surface area contributed by atoms with Gasteiger partial charge in [0.25, 0.3) is 0 Å². The molecular formula is C22H32O4. The van der Waals surface area contributed by atoms with E-state index in [-0.39, 0.29) is 17.7 Å². The van der Waals surface area contributed by atoms with Crippen LogP contribution in [0.3, 0.4) is 0 Å². The molecule has 0 unspecified atom stereocenters. The normalized spacial score (nSPS) is 20.2. The summed E-state index contributed by atoms with van der Waals surface area (Å²) in [5.74, 6) is -0.283. The molecular weight excluding hydrogens is 328 g/mol. The van der Waals surface area contributed by atoms with Crippen LogP contribution in [-0.2, 0) is 19.0 Å². The summed E-state index contributed by atoms with van der Waals surface area (Å²) in [5, 5.41) is 0. The van der Waals surface area contributed by atoms with Gasteiger partial charge in [0, 0.05) is 11.0 Å². The van der Waals surface area contributed by atoms with Gasteiger partial charge in [-0.3, -0.25) is 0 Å². The van der Waals surface area contributed by atoms with Crippen LogP contribution in [0, 0.1) is 5.41 Å². The predicted octanol–water partition coefficient (Wildman–Crippen LogP) is 4.90. The molecule has 1 heterocycles. The molecule has 0 N–H and O–H groups in total. The number of ether oxygens (including phenoxy) is 3. The van der Waals surface area contributed by atoms with Crippen LogP contribution in [0.15, 0.2) is 59.3 Å². The minimum atomic E-state index is -0.283. The van der Waals surface area contributed by atoms with Crippen LogP contribution >= 0.6 is 0 Å². The summed E-state index contributed by atoms with van der Waals surface area (Å²) in [5.41, 5.74) is 2.79. The summed E-state index contributed by atoms with van der Waals surface area (Å²) < 4.78 is 16.4. The minimum Gasteiger partial charge on any atom is -0.463 e. The van der Waals surface area contributed by atoms with Crippen LogP contribution in [-0.4, -0.2) is 32.1 Å². The molecule has 0 aliphatic carbocycles. The first-order chi connectivity index (χ1) is 12.2. The Hall–Kier alpha value is -1.91. The molecule has 1 aliphatic rings. The van der Waals surface area contributed by atoms with E-state index >= 15 is 0 Å². The molecule has 26 heavy (non-hydrogen) atoms. The van der Waals surface area contributed by atoms with Gasteiger partial charge in [0.15, 0.2) is 6.29 Å². The molecule has 1 saturated heterocycles. The van der Waals surface area contributed by atoms with E-state index in [1.807, 2.05) is 50.3 Å². The average molecular weight is 360 g/mol. The van der Waals surface area contributed by atoms with Gasteiger partial charge in [0.2, 0.25) is 0 Å². The van der Waals surface area contributed by atoms with E-state index in [1.54, 1.807) is 19.9 Å². The molecule has 0 amide bonds. The lowest BCUT2D eigenvalue weighted by atomic mass is 9.95. The fourth-order valence-electron chi connectivity index (χ4n) is 2.16. The fraction of sp³-hybridized carbons (Fsp3) is 0.500. The van der Waals surface area contributed by atoms with Crippen molar-refractivity contribution in [2.75, 3.05) is 19.8 Å². The Morgan fingerprint density at radius 2 is 1.65 bits per heavy atom. The fourth-order valence-corrected chi connectivity index (χ4v) is 2.16. The lowest BCUT2D eigenvalue weighted by Crippen LogP contribution is -2.38. The van der Waals surface area contributed by atoms with Crippen LogP contribution in [0.1, 0.15) is 41.5 Å². The summed E-state index contributed by atoms with van der Waals surface area (Å²) in [6, 6.07) is 0. The Morgan fingerprint density at radius 1 is 1.04 bits per heavy atom. The van der Waals surface area contributed by atoms with E-state index in [0.717, 1.165) is 11.1 Å². The Balaban J connectivity index is 2.51. The van der Waals surface area contributed by atoms with Gasteiger partial charge in [-0.1, -0.05) is 62.0 Å². The van der Waals surface area contributed by atoms with Crippen LogP contribution < -0.4 is 0 Å². The van der Waals surface area contributed by atoms with E-state index in [4.69, 9.17) is 14.2 Å². The lowest BCUT2D eigenvalue weighted by molar-refractivity contribution is -0.202. The second-order valence-corrected chi connectivity index (χ2v) is 7.25. The molecule has 0 aromatic carbocycles. The van der Waals surface area contributed by atoms with Gasteiger partial charge in [-0.25, -0.2) is 4.79 Å². The summed E-state index contributed by atoms with van der Waals surface area (Å²) in [7, 11) is 0. The van der Waals surface area contributed by atoms with Gasteiger partial charge < -0.3 is 14.2 Å². The number of allylic oxidation sites excluding steroid dienone is 8. The number of rotatable bonds is 7. The Morgan fingerprint density at radius 3 is 2.27 bits per heavy atom. The van der Waals surface area contributed by atoms with Crippen LogP contribution in [0.5, 0.6) is 0 Å². The Bertz CT molecular complexity index is 608. The highest BCUT2D eigenvalue weighted by Gasteiger charge is 2.28. The Kier molecular flexibility index (Phi) is 9.31. The zero-order valence-electron chi connectivity index (χ0n) is 16.9. The van der Waals surface area contributed by atoms with Crippen molar-refractivity contribution < 1.29 is 19.0 Å². The van der Waals surface area contributed by atoms with Crippen molar-refractivity contribution in [2.24, 2.45) is 5.41 Å². The average Bonchev–Trinajstić information content (AvgIpc) is 2.58. The van der Waals surface area contributed by atoms with E-state index in [2.05, 4.69) is 13.8 Å². The van der Waals surface area contributed by atoms with Crippen molar-refractivity contribution in [1.29, 1.82) is 0 Å². The summed E-state index contributed by atoms with van der Waals surface area (Å²) >= 11 is 0. The van der Waals surface area contributed by atoms with Crippen molar-refractivity contribution in [1.82, 2.24) is 0 Å². The largest absolute Gasteiger partial charge is 0.463 e. The first kappa shape index (κ1) is 22.1. The first-order valence-electron chi connectivity index (χ1n) is 9.02. The molecule has 0 aromatic rings. The third-order valence-corrected chi connectivity index (χ3v) is 3.75. The first-order valence-corrected chi connectivity index (χ1v) is 9.02. The van der Waals surface area contributed by atoms with E-state index in [1.165, 1.54) is 0 Å². The van der Waals surface area contributed by atoms with Crippen molar-refractivity contribution in [3.63, 3.8) is 0 Å². The molecule has 0 atom stereocenters. The van der Waals surface area contributed by atoms with Gasteiger partial charge in [-0.15, -0.1) is 0 Å². The van der Waals surface area contributed by atoms with Gasteiger partial charge in [-0.2, -0.15) is 0 Å². The second-order valence-electron chi connectivity index (χ2n) is 7.25. The molecule has 0 bridgehead atoms. The highest BCUT2D eigenvalue weighted by molar-refractivity contribution is 5.88. The molecule has 0 radical (unpaired) electrons. The van der Waals surface area contributed by atoms with Crippen LogP contribution in [0.25, 0.3) is 0 Å². The molecule has 1 fully saturated rings. The van der Waals surface area contributed by atoms with Gasteiger partial charge in [-0.05, 0) is 33.3 Å². The van der Waals surface area contributed by atoms with Gasteiger partial charge in [0.05, 0.1) is 19.8 Å². The van der Waals surface area contributed by atoms with Crippen molar-refractivity contribution in [3.05, 3.63) is 59.3 Å². The van der Waals surface area contributed by atoms with E-state index < -0.39 is 0 Å². The highest BCUT2D eigenvalue weighted by Crippen LogP contribution is 2.25. The van der Waals surface area contributed by atoms with Gasteiger partial charge >= 0.3 is 5.97 Å². The number of hydrogen-bond donors (Lipinski definition) is 0. The number of hydrogen-bond acceptors (Lipinski definition) is 4. The van der Waals surface area contributed by atoms with Crippen molar-refractivity contribution in [2.45, 2.75) is 47.8 Å². The number of esters is 1. The topological polar surface area (TPSA) is 44.8 Å². The molecule has 0 aromatic heterocycles. The number of carbonyl (C=O) groups is 1. The third kappa shape index (κ3) is 8.45. The van der Waals surface area contributed by atoms with Crippen molar-refractivity contribution in [3.8, 4) is 0 Å². The van der Waals surface area contributed by atoms with E-state index in [9.17, 15) is 4.79 Å². The molecule has 4 nitrogen and oxygen atoms in total. The zero-order chi connectivity index (χ0) is 19.6. The molecule has 0 spiro atoms. The van der Waals surface area contributed by atoms with Crippen LogP contribution in [0.2, 0.25) is 0 Å². The van der Waals surface area contributed by atoms with E-state index in [0.29, 0.717) is 25.4 Å². The molecule has 1 aliphatic heterocycles. The quantitative estimate of drug-likeness (QED) is 0.368. The SMILES string of the molecule is CCOC(=O)C(C)=CC=CC(C)=CC=CC=C(C)C1OCC(C)(C)CO1. The molecule has 0 saturated carbocycles. The molecule has 4 heteroatoms.